The minimum Gasteiger partial charge on any atom is -0.497 e. The molecule has 2 N–H and O–H groups in total. The lowest BCUT2D eigenvalue weighted by Crippen LogP contribution is -2.30. The minimum atomic E-state index is -1.59. The highest BCUT2D eigenvalue weighted by Gasteiger charge is 2.35. The lowest BCUT2D eigenvalue weighted by molar-refractivity contribution is -0.141. The summed E-state index contributed by atoms with van der Waals surface area (Å²) in [5.74, 6) is 0.110. The molecule has 1 fully saturated rings. The number of hydrogen-bond donors (Lipinski definition) is 2. The van der Waals surface area contributed by atoms with Crippen LogP contribution in [-0.2, 0) is 10.4 Å². The molecule has 0 saturated heterocycles. The summed E-state index contributed by atoms with van der Waals surface area (Å²) >= 11 is 0. The summed E-state index contributed by atoms with van der Waals surface area (Å²) in [6.45, 7) is 0. The van der Waals surface area contributed by atoms with Gasteiger partial charge in [-0.05, 0) is 47.6 Å². The summed E-state index contributed by atoms with van der Waals surface area (Å²) in [7, 11) is 1.55. The SMILES string of the molecule is COc1cccc(C(O)(CC(=O)O)c2ccc(C3CCCCC3)cc2)c1. The summed E-state index contributed by atoms with van der Waals surface area (Å²) < 4.78 is 5.23. The van der Waals surface area contributed by atoms with E-state index in [4.69, 9.17) is 4.74 Å². The maximum atomic E-state index is 11.4. The van der Waals surface area contributed by atoms with E-state index in [9.17, 15) is 15.0 Å². The third-order valence-corrected chi connectivity index (χ3v) is 5.42. The summed E-state index contributed by atoms with van der Waals surface area (Å²) in [6.07, 6.45) is 5.84. The van der Waals surface area contributed by atoms with Gasteiger partial charge in [-0.25, -0.2) is 0 Å². The van der Waals surface area contributed by atoms with Gasteiger partial charge in [0.25, 0.3) is 0 Å². The molecule has 1 aliphatic rings. The molecule has 0 heterocycles. The first-order valence-electron chi connectivity index (χ1n) is 9.22. The lowest BCUT2D eigenvalue weighted by atomic mass is 9.80. The van der Waals surface area contributed by atoms with Crippen molar-refractivity contribution in [1.29, 1.82) is 0 Å². The number of methoxy groups -OCH3 is 1. The van der Waals surface area contributed by atoms with Crippen molar-refractivity contribution < 1.29 is 19.7 Å². The van der Waals surface area contributed by atoms with Crippen LogP contribution in [0, 0.1) is 0 Å². The van der Waals surface area contributed by atoms with E-state index in [-0.39, 0.29) is 0 Å². The van der Waals surface area contributed by atoms with Gasteiger partial charge in [0.2, 0.25) is 0 Å². The third-order valence-electron chi connectivity index (χ3n) is 5.42. The van der Waals surface area contributed by atoms with Crippen molar-refractivity contribution in [2.45, 2.75) is 50.0 Å². The first kappa shape index (κ1) is 18.5. The predicted octanol–water partition coefficient (Wildman–Crippen LogP) is 4.45. The van der Waals surface area contributed by atoms with Crippen LogP contribution in [0.25, 0.3) is 0 Å². The summed E-state index contributed by atoms with van der Waals surface area (Å²) in [5, 5.41) is 20.7. The summed E-state index contributed by atoms with van der Waals surface area (Å²) in [4.78, 5) is 11.4. The van der Waals surface area contributed by atoms with Crippen molar-refractivity contribution in [3.05, 3.63) is 65.2 Å². The Labute approximate surface area is 154 Å². The van der Waals surface area contributed by atoms with Gasteiger partial charge < -0.3 is 14.9 Å². The largest absolute Gasteiger partial charge is 0.497 e. The highest BCUT2D eigenvalue weighted by atomic mass is 16.5. The van der Waals surface area contributed by atoms with Gasteiger partial charge in [-0.15, -0.1) is 0 Å². The molecular formula is C22H26O4. The number of ether oxygens (including phenoxy) is 1. The zero-order valence-electron chi connectivity index (χ0n) is 15.1. The number of carboxylic acid groups (broad SMARTS) is 1. The number of aliphatic carboxylic acids is 1. The standard InChI is InChI=1S/C22H26O4/c1-26-20-9-5-8-19(14-20)22(25,15-21(23)24)18-12-10-17(11-13-18)16-6-3-2-4-7-16/h5,8-14,16,25H,2-4,6-7,15H2,1H3,(H,23,24). The predicted molar refractivity (Wildman–Crippen MR) is 101 cm³/mol. The Bertz CT molecular complexity index is 747. The summed E-state index contributed by atoms with van der Waals surface area (Å²) in [6, 6.07) is 14.8. The number of carboxylic acids is 1. The fourth-order valence-corrected chi connectivity index (χ4v) is 3.94. The highest BCUT2D eigenvalue weighted by molar-refractivity contribution is 5.70. The van der Waals surface area contributed by atoms with E-state index >= 15 is 0 Å². The van der Waals surface area contributed by atoms with Crippen LogP contribution in [0.15, 0.2) is 48.5 Å². The Morgan fingerprint density at radius 3 is 2.38 bits per heavy atom. The van der Waals surface area contributed by atoms with Gasteiger partial charge in [0.1, 0.15) is 11.4 Å². The smallest absolute Gasteiger partial charge is 0.306 e. The molecule has 0 radical (unpaired) electrons. The first-order valence-corrected chi connectivity index (χ1v) is 9.22. The maximum absolute atomic E-state index is 11.4. The lowest BCUT2D eigenvalue weighted by Gasteiger charge is -2.29. The van der Waals surface area contributed by atoms with Crippen LogP contribution >= 0.6 is 0 Å². The van der Waals surface area contributed by atoms with Crippen LogP contribution in [-0.4, -0.2) is 23.3 Å². The van der Waals surface area contributed by atoms with Crippen molar-refractivity contribution in [3.8, 4) is 5.75 Å². The Hall–Kier alpha value is -2.33. The van der Waals surface area contributed by atoms with E-state index in [2.05, 4.69) is 0 Å². The molecule has 26 heavy (non-hydrogen) atoms. The van der Waals surface area contributed by atoms with E-state index in [0.29, 0.717) is 22.8 Å². The van der Waals surface area contributed by atoms with E-state index in [0.717, 1.165) is 0 Å². The van der Waals surface area contributed by atoms with Crippen molar-refractivity contribution in [2.75, 3.05) is 7.11 Å². The minimum absolute atomic E-state index is 0.400. The molecule has 1 atom stereocenters. The molecule has 1 unspecified atom stereocenters. The van der Waals surface area contributed by atoms with Crippen LogP contribution in [0.1, 0.15) is 61.1 Å². The quantitative estimate of drug-likeness (QED) is 0.804. The van der Waals surface area contributed by atoms with Crippen molar-refractivity contribution >= 4 is 5.97 Å². The van der Waals surface area contributed by atoms with E-state index in [1.165, 1.54) is 37.7 Å². The normalized spacial score (nSPS) is 17.5. The van der Waals surface area contributed by atoms with Crippen molar-refractivity contribution in [2.24, 2.45) is 0 Å². The second-order valence-electron chi connectivity index (χ2n) is 7.12. The third kappa shape index (κ3) is 3.91. The van der Waals surface area contributed by atoms with Gasteiger partial charge in [0, 0.05) is 0 Å². The molecule has 4 heteroatoms. The first-order chi connectivity index (χ1) is 12.5. The number of hydrogen-bond acceptors (Lipinski definition) is 3. The molecule has 3 rings (SSSR count). The molecule has 0 bridgehead atoms. The average molecular weight is 354 g/mol. The fraction of sp³-hybridized carbons (Fsp3) is 0.409. The maximum Gasteiger partial charge on any atom is 0.306 e. The van der Waals surface area contributed by atoms with E-state index in [1.54, 1.807) is 31.4 Å². The molecule has 138 valence electrons. The Kier molecular flexibility index (Phi) is 5.62. The molecule has 0 aliphatic heterocycles. The van der Waals surface area contributed by atoms with Crippen LogP contribution in [0.5, 0.6) is 5.75 Å². The molecule has 1 saturated carbocycles. The molecule has 0 spiro atoms. The number of benzene rings is 2. The van der Waals surface area contributed by atoms with E-state index < -0.39 is 18.0 Å². The summed E-state index contributed by atoms with van der Waals surface area (Å²) in [5.41, 5.74) is 0.792. The van der Waals surface area contributed by atoms with Gasteiger partial charge >= 0.3 is 5.97 Å². The van der Waals surface area contributed by atoms with Crippen LogP contribution in [0.4, 0.5) is 0 Å². The average Bonchev–Trinajstić information content (AvgIpc) is 2.68. The number of carbonyl (C=O) groups is 1. The molecule has 0 amide bonds. The van der Waals surface area contributed by atoms with E-state index in [1.807, 2.05) is 24.3 Å². The van der Waals surface area contributed by atoms with Crippen LogP contribution in [0.2, 0.25) is 0 Å². The highest BCUT2D eigenvalue weighted by Crippen LogP contribution is 2.37. The number of aliphatic hydroxyl groups is 1. The van der Waals surface area contributed by atoms with Crippen molar-refractivity contribution in [3.63, 3.8) is 0 Å². The van der Waals surface area contributed by atoms with Crippen LogP contribution < -0.4 is 4.74 Å². The Morgan fingerprint density at radius 2 is 1.77 bits per heavy atom. The van der Waals surface area contributed by atoms with Gasteiger partial charge in [-0.1, -0.05) is 55.7 Å². The Balaban J connectivity index is 1.95. The van der Waals surface area contributed by atoms with Gasteiger partial charge in [-0.2, -0.15) is 0 Å². The number of rotatable bonds is 6. The zero-order chi connectivity index (χ0) is 18.6. The van der Waals surface area contributed by atoms with Crippen molar-refractivity contribution in [1.82, 2.24) is 0 Å². The van der Waals surface area contributed by atoms with Crippen LogP contribution in [0.3, 0.4) is 0 Å². The fourth-order valence-electron chi connectivity index (χ4n) is 3.94. The molecule has 4 nitrogen and oxygen atoms in total. The second kappa shape index (κ2) is 7.92. The molecule has 2 aromatic rings. The molecule has 2 aromatic carbocycles. The van der Waals surface area contributed by atoms with Gasteiger partial charge in [0.05, 0.1) is 13.5 Å². The van der Waals surface area contributed by atoms with Gasteiger partial charge in [-0.3, -0.25) is 4.79 Å². The topological polar surface area (TPSA) is 66.8 Å². The second-order valence-corrected chi connectivity index (χ2v) is 7.12. The van der Waals surface area contributed by atoms with Gasteiger partial charge in [0.15, 0.2) is 0 Å². The monoisotopic (exact) mass is 354 g/mol. The molecular weight excluding hydrogens is 328 g/mol. The Morgan fingerprint density at radius 1 is 1.08 bits per heavy atom. The zero-order valence-corrected chi connectivity index (χ0v) is 15.1. The molecule has 1 aliphatic carbocycles. The molecule has 0 aromatic heterocycles.